The molecule has 0 aromatic carbocycles. The highest BCUT2D eigenvalue weighted by Crippen LogP contribution is 2.33. The minimum absolute atomic E-state index is 0.0427. The third kappa shape index (κ3) is 4.85. The van der Waals surface area contributed by atoms with E-state index in [-0.39, 0.29) is 29.8 Å². The number of aromatic nitrogens is 4. The van der Waals surface area contributed by atoms with E-state index in [9.17, 15) is 14.7 Å². The monoisotopic (exact) mass is 532 g/mol. The molecule has 5 heterocycles. The van der Waals surface area contributed by atoms with Crippen LogP contribution in [-0.4, -0.2) is 92.1 Å². The molecule has 39 heavy (non-hydrogen) atoms. The van der Waals surface area contributed by atoms with Crippen LogP contribution in [0.2, 0.25) is 0 Å². The van der Waals surface area contributed by atoms with E-state index in [1.165, 1.54) is 12.8 Å². The minimum Gasteiger partial charge on any atom is -0.391 e. The molecule has 3 N–H and O–H groups in total. The average molecular weight is 533 g/mol. The summed E-state index contributed by atoms with van der Waals surface area (Å²) in [5.41, 5.74) is 1.86. The Labute approximate surface area is 227 Å². The Morgan fingerprint density at radius 2 is 1.87 bits per heavy atom. The molecule has 2 amide bonds. The summed E-state index contributed by atoms with van der Waals surface area (Å²) < 4.78 is 2.11. The zero-order valence-electron chi connectivity index (χ0n) is 22.5. The number of piperidine rings is 1. The zero-order chi connectivity index (χ0) is 27.1. The van der Waals surface area contributed by atoms with Gasteiger partial charge >= 0.3 is 0 Å². The first-order valence-corrected chi connectivity index (χ1v) is 13.9. The molecule has 11 nitrogen and oxygen atoms in total. The van der Waals surface area contributed by atoms with Gasteiger partial charge < -0.3 is 30.1 Å². The van der Waals surface area contributed by atoms with E-state index in [0.29, 0.717) is 36.1 Å². The van der Waals surface area contributed by atoms with Gasteiger partial charge in [-0.2, -0.15) is 4.98 Å². The molecule has 1 unspecified atom stereocenters. The number of fused-ring (bicyclic) bond motifs is 3. The summed E-state index contributed by atoms with van der Waals surface area (Å²) in [5, 5.41) is 17.7. The standard InChI is InChI=1S/C28H36N8O3/c1-34(2)27(39)21-11-18-14-31-28(33-25(18)36(21)20-7-5-3-4-6-8-20)32-23-10-9-17(13-30-23)26(38)35-16-19-12-29-15-22(35)24(19)37/h9-11,13-14,19-20,22,24,29,37H,3-8,12,15-16H2,1-2H3,(H,30,31,32,33)/t19-,22-,24?/m1/s1. The molecule has 2 bridgehead atoms. The smallest absolute Gasteiger partial charge is 0.270 e. The van der Waals surface area contributed by atoms with Gasteiger partial charge in [0.2, 0.25) is 5.95 Å². The van der Waals surface area contributed by atoms with Crippen LogP contribution >= 0.6 is 0 Å². The fraction of sp³-hybridized carbons (Fsp3) is 0.536. The van der Waals surface area contributed by atoms with Crippen LogP contribution in [0.25, 0.3) is 11.0 Å². The number of aliphatic hydroxyl groups excluding tert-OH is 1. The van der Waals surface area contributed by atoms with E-state index in [0.717, 1.165) is 43.3 Å². The van der Waals surface area contributed by atoms with Gasteiger partial charge in [0.25, 0.3) is 11.8 Å². The molecule has 3 aromatic heterocycles. The lowest BCUT2D eigenvalue weighted by Gasteiger charge is -2.28. The first kappa shape index (κ1) is 25.7. The Balaban J connectivity index is 1.25. The molecule has 3 aromatic rings. The summed E-state index contributed by atoms with van der Waals surface area (Å²) in [6.07, 6.45) is 9.56. The summed E-state index contributed by atoms with van der Waals surface area (Å²) in [6.45, 7) is 1.87. The number of aliphatic hydroxyl groups is 1. The van der Waals surface area contributed by atoms with Crippen molar-refractivity contribution in [1.29, 1.82) is 0 Å². The van der Waals surface area contributed by atoms with Gasteiger partial charge in [-0.05, 0) is 31.0 Å². The number of carbonyl (C=O) groups excluding carboxylic acids is 2. The van der Waals surface area contributed by atoms with Crippen molar-refractivity contribution in [2.24, 2.45) is 5.92 Å². The van der Waals surface area contributed by atoms with Crippen LogP contribution in [0.1, 0.15) is 65.4 Å². The van der Waals surface area contributed by atoms with Gasteiger partial charge in [-0.15, -0.1) is 0 Å². The van der Waals surface area contributed by atoms with Crippen molar-refractivity contribution < 1.29 is 14.7 Å². The maximum Gasteiger partial charge on any atom is 0.270 e. The highest BCUT2D eigenvalue weighted by molar-refractivity contribution is 5.98. The summed E-state index contributed by atoms with van der Waals surface area (Å²) in [4.78, 5) is 43.3. The van der Waals surface area contributed by atoms with Gasteiger partial charge in [-0.3, -0.25) is 9.59 Å². The van der Waals surface area contributed by atoms with Gasteiger partial charge in [-0.25, -0.2) is 9.97 Å². The van der Waals surface area contributed by atoms with E-state index in [1.807, 2.05) is 6.07 Å². The number of carbonyl (C=O) groups is 2. The number of anilines is 2. The first-order valence-electron chi connectivity index (χ1n) is 13.9. The molecule has 1 saturated carbocycles. The average Bonchev–Trinajstić information content (AvgIpc) is 3.20. The quantitative estimate of drug-likeness (QED) is 0.428. The van der Waals surface area contributed by atoms with Crippen LogP contribution in [0.4, 0.5) is 11.8 Å². The molecule has 3 aliphatic rings. The van der Waals surface area contributed by atoms with Gasteiger partial charge in [-0.1, -0.05) is 25.7 Å². The molecule has 0 radical (unpaired) electrons. The minimum atomic E-state index is -0.485. The van der Waals surface area contributed by atoms with E-state index in [4.69, 9.17) is 4.98 Å². The molecular weight excluding hydrogens is 496 g/mol. The van der Waals surface area contributed by atoms with Crippen LogP contribution in [0.3, 0.4) is 0 Å². The Kier molecular flexibility index (Phi) is 6.94. The fourth-order valence-corrected chi connectivity index (χ4v) is 6.28. The SMILES string of the molecule is CN(C)C(=O)c1cc2cnc(Nc3ccc(C(=O)N4C[C@H]5CNC[C@@H]4C5O)cn3)nc2n1C1CCCCCC1. The number of hydrogen-bond donors (Lipinski definition) is 3. The summed E-state index contributed by atoms with van der Waals surface area (Å²) >= 11 is 0. The van der Waals surface area contributed by atoms with Crippen molar-refractivity contribution >= 4 is 34.6 Å². The summed E-state index contributed by atoms with van der Waals surface area (Å²) in [6, 6.07) is 5.38. The Bertz CT molecular complexity index is 1360. The largest absolute Gasteiger partial charge is 0.391 e. The molecule has 206 valence electrons. The molecule has 3 fully saturated rings. The Morgan fingerprint density at radius 3 is 2.56 bits per heavy atom. The van der Waals surface area contributed by atoms with Crippen molar-refractivity contribution in [2.45, 2.75) is 56.7 Å². The number of nitrogens with zero attached hydrogens (tertiary/aromatic N) is 6. The number of rotatable bonds is 5. The van der Waals surface area contributed by atoms with Gasteiger partial charge in [0.05, 0.1) is 17.7 Å². The van der Waals surface area contributed by atoms with E-state index in [2.05, 4.69) is 25.2 Å². The number of nitrogens with one attached hydrogen (secondary N) is 2. The maximum atomic E-state index is 13.1. The third-order valence-electron chi connectivity index (χ3n) is 8.37. The van der Waals surface area contributed by atoms with Crippen molar-refractivity contribution in [3.63, 3.8) is 0 Å². The molecule has 2 saturated heterocycles. The van der Waals surface area contributed by atoms with Gasteiger partial charge in [0.1, 0.15) is 17.2 Å². The van der Waals surface area contributed by atoms with E-state index >= 15 is 0 Å². The first-order chi connectivity index (χ1) is 18.9. The Hall–Kier alpha value is -3.57. The van der Waals surface area contributed by atoms with Crippen LogP contribution < -0.4 is 10.6 Å². The molecule has 0 spiro atoms. The van der Waals surface area contributed by atoms with Gasteiger partial charge in [0.15, 0.2) is 0 Å². The number of likely N-dealkylation sites (tertiary alicyclic amines) is 1. The summed E-state index contributed by atoms with van der Waals surface area (Å²) in [7, 11) is 3.54. The highest BCUT2D eigenvalue weighted by Gasteiger charge is 2.45. The lowest BCUT2D eigenvalue weighted by Crippen LogP contribution is -2.49. The maximum absolute atomic E-state index is 13.1. The second kappa shape index (κ2) is 10.5. The second-order valence-corrected chi connectivity index (χ2v) is 11.2. The van der Waals surface area contributed by atoms with Crippen LogP contribution in [0, 0.1) is 5.92 Å². The lowest BCUT2D eigenvalue weighted by atomic mass is 9.98. The molecule has 11 heteroatoms. The normalized spacial score (nSPS) is 23.6. The molecule has 6 rings (SSSR count). The van der Waals surface area contributed by atoms with Crippen LogP contribution in [0.15, 0.2) is 30.6 Å². The van der Waals surface area contributed by atoms with Gasteiger partial charge in [0, 0.05) is 63.5 Å². The van der Waals surface area contributed by atoms with Crippen molar-refractivity contribution in [3.05, 3.63) is 41.9 Å². The lowest BCUT2D eigenvalue weighted by molar-refractivity contribution is 0.0565. The highest BCUT2D eigenvalue weighted by atomic mass is 16.3. The predicted octanol–water partition coefficient (Wildman–Crippen LogP) is 2.57. The molecular formula is C28H36N8O3. The second-order valence-electron chi connectivity index (χ2n) is 11.2. The molecule has 3 atom stereocenters. The third-order valence-corrected chi connectivity index (χ3v) is 8.37. The zero-order valence-corrected chi connectivity index (χ0v) is 22.5. The van der Waals surface area contributed by atoms with Crippen LogP contribution in [0.5, 0.6) is 0 Å². The number of pyridine rings is 1. The number of amides is 2. The molecule has 1 aliphatic carbocycles. The van der Waals surface area contributed by atoms with Crippen LogP contribution in [-0.2, 0) is 0 Å². The Morgan fingerprint density at radius 1 is 1.08 bits per heavy atom. The van der Waals surface area contributed by atoms with E-state index in [1.54, 1.807) is 48.4 Å². The fourth-order valence-electron chi connectivity index (χ4n) is 6.28. The molecule has 2 aliphatic heterocycles. The van der Waals surface area contributed by atoms with Crippen molar-refractivity contribution in [3.8, 4) is 0 Å². The number of hydrogen-bond acceptors (Lipinski definition) is 8. The summed E-state index contributed by atoms with van der Waals surface area (Å²) in [5.74, 6) is 0.803. The predicted molar refractivity (Wildman–Crippen MR) is 147 cm³/mol. The van der Waals surface area contributed by atoms with E-state index < -0.39 is 6.10 Å². The van der Waals surface area contributed by atoms with Crippen molar-refractivity contribution in [1.82, 2.24) is 34.6 Å². The topological polar surface area (TPSA) is 129 Å². The van der Waals surface area contributed by atoms with Crippen molar-refractivity contribution in [2.75, 3.05) is 39.0 Å².